The maximum Gasteiger partial charge on any atom is 0.246 e. The molecule has 1 fully saturated rings. The number of nitrogens with zero attached hydrogens (tertiary/aromatic N) is 6. The zero-order valence-electron chi connectivity index (χ0n) is 21.8. The fourth-order valence-corrected chi connectivity index (χ4v) is 5.85. The average Bonchev–Trinajstić information content (AvgIpc) is 2.95. The Labute approximate surface area is 223 Å². The van der Waals surface area contributed by atoms with Crippen LogP contribution in [-0.2, 0) is 17.8 Å². The van der Waals surface area contributed by atoms with Crippen molar-refractivity contribution in [2.24, 2.45) is 0 Å². The number of aromatic nitrogens is 1. The Morgan fingerprint density at radius 1 is 1.18 bits per heavy atom. The van der Waals surface area contributed by atoms with Gasteiger partial charge in [-0.05, 0) is 36.4 Å². The van der Waals surface area contributed by atoms with Gasteiger partial charge in [-0.2, -0.15) is 10.5 Å². The second kappa shape index (κ2) is 10.4. The Hall–Kier alpha value is -4.56. The van der Waals surface area contributed by atoms with Crippen molar-refractivity contribution in [3.8, 4) is 18.0 Å². The second-order valence-electron chi connectivity index (χ2n) is 9.70. The number of hydrogen-bond acceptors (Lipinski definition) is 7. The lowest BCUT2D eigenvalue weighted by Gasteiger charge is -2.43. The Bertz CT molecular complexity index is 1500. The second-order valence-corrected chi connectivity index (χ2v) is 9.70. The zero-order valence-corrected chi connectivity index (χ0v) is 21.8. The van der Waals surface area contributed by atoms with Crippen molar-refractivity contribution in [2.75, 3.05) is 43.1 Å². The summed E-state index contributed by atoms with van der Waals surface area (Å²) >= 11 is 0. The highest BCUT2D eigenvalue weighted by atomic mass is 16.5. The highest BCUT2D eigenvalue weighted by Crippen LogP contribution is 2.39. The highest BCUT2D eigenvalue weighted by Gasteiger charge is 2.34. The normalized spacial score (nSPS) is 16.9. The summed E-state index contributed by atoms with van der Waals surface area (Å²) in [5.74, 6) is 0.124. The molecular weight excluding hydrogens is 476 g/mol. The van der Waals surface area contributed by atoms with Crippen molar-refractivity contribution in [3.05, 3.63) is 71.4 Å². The van der Waals surface area contributed by atoms with Gasteiger partial charge in [-0.25, -0.2) is 4.98 Å². The molecule has 0 bridgehead atoms. The van der Waals surface area contributed by atoms with E-state index in [1.165, 1.54) is 35.2 Å². The van der Waals surface area contributed by atoms with Gasteiger partial charge in [0.05, 0.1) is 43.6 Å². The summed E-state index contributed by atoms with van der Waals surface area (Å²) in [5, 5.41) is 22.0. The van der Waals surface area contributed by atoms with E-state index in [0.717, 1.165) is 23.5 Å². The first-order chi connectivity index (χ1) is 18.5. The van der Waals surface area contributed by atoms with Gasteiger partial charge < -0.3 is 19.4 Å². The lowest BCUT2D eigenvalue weighted by Crippen LogP contribution is -2.55. The summed E-state index contributed by atoms with van der Waals surface area (Å²) in [7, 11) is 1.53. The first-order valence-corrected chi connectivity index (χ1v) is 12.8. The quantitative estimate of drug-likeness (QED) is 0.481. The molecule has 38 heavy (non-hydrogen) atoms. The lowest BCUT2D eigenvalue weighted by atomic mass is 9.95. The standard InChI is InChI=1S/C30H30N6O2/c1-4-27(37)36-16-15-35(18-22(36)11-13-31)29-23-12-14-34(19-25(23)33-30(38-3)24(29)17-32)26-10-6-9-21-8-5-7-20(2)28(21)26/h4-10,22H,1,11-12,14-16,18-19H2,2-3H3. The molecule has 0 saturated carbocycles. The van der Waals surface area contributed by atoms with E-state index in [9.17, 15) is 15.3 Å². The number of carbonyl (C=O) groups is 1. The van der Waals surface area contributed by atoms with Gasteiger partial charge in [-0.1, -0.05) is 36.9 Å². The molecule has 0 spiro atoms. The molecule has 2 aliphatic heterocycles. The number of benzene rings is 2. The van der Waals surface area contributed by atoms with Crippen LogP contribution in [0.25, 0.3) is 10.8 Å². The summed E-state index contributed by atoms with van der Waals surface area (Å²) in [6, 6.07) is 17.0. The number of rotatable bonds is 5. The lowest BCUT2D eigenvalue weighted by molar-refractivity contribution is -0.128. The van der Waals surface area contributed by atoms with E-state index < -0.39 is 0 Å². The number of amides is 1. The van der Waals surface area contributed by atoms with Crippen LogP contribution in [0.3, 0.4) is 0 Å². The maximum absolute atomic E-state index is 12.4. The molecule has 8 nitrogen and oxygen atoms in total. The monoisotopic (exact) mass is 506 g/mol. The van der Waals surface area contributed by atoms with Gasteiger partial charge in [0.1, 0.15) is 11.6 Å². The van der Waals surface area contributed by atoms with Crippen molar-refractivity contribution in [2.45, 2.75) is 32.4 Å². The SMILES string of the molecule is C=CC(=O)N1CCN(c2c(C#N)c(OC)nc3c2CCN(c2cccc4cccc(C)c24)C3)CC1CC#N. The van der Waals surface area contributed by atoms with Gasteiger partial charge in [0.2, 0.25) is 11.8 Å². The van der Waals surface area contributed by atoms with Gasteiger partial charge in [-0.15, -0.1) is 0 Å². The Morgan fingerprint density at radius 2 is 1.97 bits per heavy atom. The van der Waals surface area contributed by atoms with Gasteiger partial charge in [0.15, 0.2) is 0 Å². The third kappa shape index (κ3) is 4.29. The zero-order chi connectivity index (χ0) is 26.8. The van der Waals surface area contributed by atoms with Crippen molar-refractivity contribution in [1.29, 1.82) is 10.5 Å². The van der Waals surface area contributed by atoms with Gasteiger partial charge >= 0.3 is 0 Å². The molecule has 1 amide bonds. The van der Waals surface area contributed by atoms with Crippen LogP contribution >= 0.6 is 0 Å². The number of piperazine rings is 1. The van der Waals surface area contributed by atoms with Crippen molar-refractivity contribution < 1.29 is 9.53 Å². The fourth-order valence-electron chi connectivity index (χ4n) is 5.85. The summed E-state index contributed by atoms with van der Waals surface area (Å²) < 4.78 is 5.61. The number of hydrogen-bond donors (Lipinski definition) is 0. The molecule has 1 atom stereocenters. The first-order valence-electron chi connectivity index (χ1n) is 12.8. The molecular formula is C30H30N6O2. The molecule has 0 N–H and O–H groups in total. The van der Waals surface area contributed by atoms with Crippen LogP contribution in [0.1, 0.15) is 28.8 Å². The molecule has 3 heterocycles. The van der Waals surface area contributed by atoms with Crippen LogP contribution in [0.4, 0.5) is 11.4 Å². The smallest absolute Gasteiger partial charge is 0.246 e. The number of aryl methyl sites for hydroxylation is 1. The summed E-state index contributed by atoms with van der Waals surface area (Å²) in [5.41, 5.74) is 5.54. The average molecular weight is 507 g/mol. The van der Waals surface area contributed by atoms with Gasteiger partial charge in [0, 0.05) is 42.8 Å². The van der Waals surface area contributed by atoms with E-state index in [-0.39, 0.29) is 18.4 Å². The van der Waals surface area contributed by atoms with E-state index in [0.29, 0.717) is 44.0 Å². The van der Waals surface area contributed by atoms with Crippen molar-refractivity contribution in [3.63, 3.8) is 0 Å². The van der Waals surface area contributed by atoms with Crippen LogP contribution in [0.15, 0.2) is 49.1 Å². The third-order valence-corrected chi connectivity index (χ3v) is 7.61. The predicted octanol–water partition coefficient (Wildman–Crippen LogP) is 4.10. The van der Waals surface area contributed by atoms with Crippen LogP contribution in [0.2, 0.25) is 0 Å². The van der Waals surface area contributed by atoms with Crippen LogP contribution < -0.4 is 14.5 Å². The number of nitriles is 2. The molecule has 5 rings (SSSR count). The summed E-state index contributed by atoms with van der Waals surface area (Å²) in [6.07, 6.45) is 2.21. The number of anilines is 2. The number of methoxy groups -OCH3 is 1. The maximum atomic E-state index is 12.4. The summed E-state index contributed by atoms with van der Waals surface area (Å²) in [4.78, 5) is 23.4. The highest BCUT2D eigenvalue weighted by molar-refractivity contribution is 5.97. The van der Waals surface area contributed by atoms with Crippen molar-refractivity contribution in [1.82, 2.24) is 9.88 Å². The minimum Gasteiger partial charge on any atom is -0.480 e. The van der Waals surface area contributed by atoms with E-state index in [2.05, 4.69) is 71.8 Å². The molecule has 2 aromatic carbocycles. The molecule has 1 aromatic heterocycles. The molecule has 0 radical (unpaired) electrons. The topological polar surface area (TPSA) is 96.5 Å². The van der Waals surface area contributed by atoms with E-state index in [4.69, 9.17) is 9.72 Å². The first kappa shape index (κ1) is 25.1. The minimum absolute atomic E-state index is 0.180. The predicted molar refractivity (Wildman–Crippen MR) is 147 cm³/mol. The number of ether oxygens (including phenoxy) is 1. The van der Waals surface area contributed by atoms with Crippen LogP contribution in [0.5, 0.6) is 5.88 Å². The number of pyridine rings is 1. The number of carbonyl (C=O) groups excluding carboxylic acids is 1. The Morgan fingerprint density at radius 3 is 2.68 bits per heavy atom. The minimum atomic E-state index is -0.292. The Balaban J connectivity index is 1.56. The molecule has 1 saturated heterocycles. The molecule has 8 heteroatoms. The van der Waals surface area contributed by atoms with Gasteiger partial charge in [0.25, 0.3) is 0 Å². The third-order valence-electron chi connectivity index (χ3n) is 7.61. The van der Waals surface area contributed by atoms with Crippen molar-refractivity contribution >= 4 is 28.1 Å². The van der Waals surface area contributed by atoms with E-state index in [1.54, 1.807) is 4.90 Å². The Kier molecular flexibility index (Phi) is 6.89. The fraction of sp³-hybridized carbons (Fsp3) is 0.333. The van der Waals surface area contributed by atoms with Gasteiger partial charge in [-0.3, -0.25) is 4.79 Å². The molecule has 2 aliphatic rings. The molecule has 1 unspecified atom stereocenters. The largest absolute Gasteiger partial charge is 0.480 e. The van der Waals surface area contributed by atoms with E-state index in [1.807, 2.05) is 0 Å². The molecule has 192 valence electrons. The van der Waals surface area contributed by atoms with E-state index >= 15 is 0 Å². The van der Waals surface area contributed by atoms with Crippen LogP contribution in [0, 0.1) is 29.6 Å². The number of fused-ring (bicyclic) bond motifs is 2. The molecule has 3 aromatic rings. The summed E-state index contributed by atoms with van der Waals surface area (Å²) in [6.45, 7) is 8.56. The van der Waals surface area contributed by atoms with Crippen LogP contribution in [-0.4, -0.2) is 55.1 Å². The molecule has 0 aliphatic carbocycles.